The SMILES string of the molecule is COc1cccc2cc(C(C)NC(C)c3cc(C)sc3C)oc12. The van der Waals surface area contributed by atoms with Gasteiger partial charge >= 0.3 is 0 Å². The molecule has 2 aromatic heterocycles. The van der Waals surface area contributed by atoms with Crippen molar-refractivity contribution in [2.75, 3.05) is 7.11 Å². The molecular formula is C19H23NO2S. The highest BCUT2D eigenvalue weighted by atomic mass is 32.1. The molecule has 0 radical (unpaired) electrons. The van der Waals surface area contributed by atoms with Gasteiger partial charge < -0.3 is 14.5 Å². The Morgan fingerprint density at radius 1 is 1.13 bits per heavy atom. The summed E-state index contributed by atoms with van der Waals surface area (Å²) in [5, 5.41) is 4.71. The highest BCUT2D eigenvalue weighted by Gasteiger charge is 2.18. The summed E-state index contributed by atoms with van der Waals surface area (Å²) >= 11 is 1.85. The Kier molecular flexibility index (Phi) is 4.46. The molecule has 0 saturated heterocycles. The van der Waals surface area contributed by atoms with Crippen LogP contribution in [0.4, 0.5) is 0 Å². The Morgan fingerprint density at radius 3 is 2.57 bits per heavy atom. The van der Waals surface area contributed by atoms with Crippen LogP contribution in [0.2, 0.25) is 0 Å². The minimum absolute atomic E-state index is 0.127. The van der Waals surface area contributed by atoms with Gasteiger partial charge in [0.25, 0.3) is 0 Å². The molecule has 0 spiro atoms. The molecular weight excluding hydrogens is 306 g/mol. The first-order valence-electron chi connectivity index (χ1n) is 7.89. The number of thiophene rings is 1. The van der Waals surface area contributed by atoms with E-state index in [-0.39, 0.29) is 12.1 Å². The van der Waals surface area contributed by atoms with Gasteiger partial charge in [0.05, 0.1) is 13.2 Å². The lowest BCUT2D eigenvalue weighted by atomic mass is 10.1. The summed E-state index contributed by atoms with van der Waals surface area (Å²) < 4.78 is 11.4. The summed E-state index contributed by atoms with van der Waals surface area (Å²) in [7, 11) is 1.67. The second-order valence-electron chi connectivity index (χ2n) is 6.01. The molecule has 2 heterocycles. The van der Waals surface area contributed by atoms with Crippen molar-refractivity contribution in [3.63, 3.8) is 0 Å². The number of methoxy groups -OCH3 is 1. The van der Waals surface area contributed by atoms with Crippen molar-refractivity contribution in [2.45, 2.75) is 39.8 Å². The molecule has 2 atom stereocenters. The number of furan rings is 1. The van der Waals surface area contributed by atoms with Gasteiger partial charge in [-0.2, -0.15) is 0 Å². The number of aryl methyl sites for hydroxylation is 2. The Labute approximate surface area is 141 Å². The standard InChI is InChI=1S/C19H23NO2S/c1-11-9-16(14(4)23-11)12(2)20-13(3)18-10-15-7-6-8-17(21-5)19(15)22-18/h6-10,12-13,20H,1-5H3. The average molecular weight is 329 g/mol. The van der Waals surface area contributed by atoms with Gasteiger partial charge in [0.1, 0.15) is 5.76 Å². The molecule has 3 aromatic rings. The Bertz CT molecular complexity index is 818. The van der Waals surface area contributed by atoms with Crippen LogP contribution in [-0.4, -0.2) is 7.11 Å². The molecule has 2 unspecified atom stereocenters. The van der Waals surface area contributed by atoms with Crippen molar-refractivity contribution >= 4 is 22.3 Å². The predicted octanol–water partition coefficient (Wildman–Crippen LogP) is 5.53. The number of fused-ring (bicyclic) bond motifs is 1. The molecule has 0 aliphatic carbocycles. The maximum atomic E-state index is 6.04. The summed E-state index contributed by atoms with van der Waals surface area (Å²) in [5.74, 6) is 1.71. The maximum absolute atomic E-state index is 6.04. The summed E-state index contributed by atoms with van der Waals surface area (Å²) in [4.78, 5) is 2.73. The predicted molar refractivity (Wildman–Crippen MR) is 96.5 cm³/mol. The van der Waals surface area contributed by atoms with E-state index in [9.17, 15) is 0 Å². The molecule has 0 amide bonds. The quantitative estimate of drug-likeness (QED) is 0.668. The second-order valence-corrected chi connectivity index (χ2v) is 7.47. The lowest BCUT2D eigenvalue weighted by Crippen LogP contribution is -2.22. The topological polar surface area (TPSA) is 34.4 Å². The van der Waals surface area contributed by atoms with Crippen molar-refractivity contribution in [1.29, 1.82) is 0 Å². The van der Waals surface area contributed by atoms with Crippen LogP contribution >= 0.6 is 11.3 Å². The van der Waals surface area contributed by atoms with E-state index in [1.54, 1.807) is 7.11 Å². The normalized spacial score (nSPS) is 14.1. The van der Waals surface area contributed by atoms with Gasteiger partial charge in [-0.1, -0.05) is 12.1 Å². The van der Waals surface area contributed by atoms with Crippen LogP contribution in [-0.2, 0) is 0 Å². The monoisotopic (exact) mass is 329 g/mol. The summed E-state index contributed by atoms with van der Waals surface area (Å²) in [6, 6.07) is 10.7. The number of ether oxygens (including phenoxy) is 1. The molecule has 0 fully saturated rings. The zero-order valence-electron chi connectivity index (χ0n) is 14.3. The van der Waals surface area contributed by atoms with Gasteiger partial charge in [-0.05, 0) is 51.5 Å². The summed E-state index contributed by atoms with van der Waals surface area (Å²) in [5.41, 5.74) is 2.18. The average Bonchev–Trinajstić information content (AvgIpc) is 3.09. The summed E-state index contributed by atoms with van der Waals surface area (Å²) in [6.07, 6.45) is 0. The van der Waals surface area contributed by atoms with Gasteiger partial charge in [0.2, 0.25) is 0 Å². The van der Waals surface area contributed by atoms with Crippen LogP contribution in [0.5, 0.6) is 5.75 Å². The molecule has 23 heavy (non-hydrogen) atoms. The molecule has 0 bridgehead atoms. The van der Waals surface area contributed by atoms with E-state index in [2.05, 4.69) is 45.1 Å². The van der Waals surface area contributed by atoms with Crippen LogP contribution in [0.1, 0.15) is 47.0 Å². The minimum atomic E-state index is 0.127. The first-order chi connectivity index (χ1) is 11.0. The zero-order valence-corrected chi connectivity index (χ0v) is 15.1. The number of benzene rings is 1. The van der Waals surface area contributed by atoms with Gasteiger partial charge in [0.15, 0.2) is 11.3 Å². The van der Waals surface area contributed by atoms with E-state index in [4.69, 9.17) is 9.15 Å². The van der Waals surface area contributed by atoms with Crippen LogP contribution in [0, 0.1) is 13.8 Å². The van der Waals surface area contributed by atoms with Gasteiger partial charge in [-0.15, -0.1) is 11.3 Å². The third-order valence-corrected chi connectivity index (χ3v) is 5.20. The van der Waals surface area contributed by atoms with Crippen molar-refractivity contribution in [2.24, 2.45) is 0 Å². The van der Waals surface area contributed by atoms with E-state index in [1.165, 1.54) is 15.3 Å². The number of para-hydroxylation sites is 1. The van der Waals surface area contributed by atoms with E-state index >= 15 is 0 Å². The fourth-order valence-corrected chi connectivity index (χ4v) is 4.08. The largest absolute Gasteiger partial charge is 0.493 e. The Hall–Kier alpha value is -1.78. The number of hydrogen-bond donors (Lipinski definition) is 1. The molecule has 1 N–H and O–H groups in total. The van der Waals surface area contributed by atoms with Crippen molar-refractivity contribution in [3.05, 3.63) is 51.4 Å². The smallest absolute Gasteiger partial charge is 0.176 e. The van der Waals surface area contributed by atoms with Crippen LogP contribution in [0.3, 0.4) is 0 Å². The van der Waals surface area contributed by atoms with Crippen LogP contribution < -0.4 is 10.1 Å². The van der Waals surface area contributed by atoms with E-state index in [0.717, 1.165) is 22.5 Å². The summed E-state index contributed by atoms with van der Waals surface area (Å²) in [6.45, 7) is 8.67. The van der Waals surface area contributed by atoms with Gasteiger partial charge in [0, 0.05) is 21.2 Å². The highest BCUT2D eigenvalue weighted by molar-refractivity contribution is 7.12. The second kappa shape index (κ2) is 6.38. The van der Waals surface area contributed by atoms with Crippen LogP contribution in [0.15, 0.2) is 34.7 Å². The molecule has 3 nitrogen and oxygen atoms in total. The number of rotatable bonds is 5. The highest BCUT2D eigenvalue weighted by Crippen LogP contribution is 2.32. The molecule has 0 aliphatic heterocycles. The zero-order chi connectivity index (χ0) is 16.6. The molecule has 122 valence electrons. The molecule has 1 aromatic carbocycles. The van der Waals surface area contributed by atoms with E-state index < -0.39 is 0 Å². The van der Waals surface area contributed by atoms with Crippen molar-refractivity contribution in [1.82, 2.24) is 5.32 Å². The molecule has 4 heteroatoms. The van der Waals surface area contributed by atoms with E-state index in [1.807, 2.05) is 29.5 Å². The van der Waals surface area contributed by atoms with Crippen molar-refractivity contribution in [3.8, 4) is 5.75 Å². The third kappa shape index (κ3) is 3.14. The minimum Gasteiger partial charge on any atom is -0.493 e. The molecule has 3 rings (SSSR count). The van der Waals surface area contributed by atoms with E-state index in [0.29, 0.717) is 0 Å². The maximum Gasteiger partial charge on any atom is 0.176 e. The van der Waals surface area contributed by atoms with Crippen LogP contribution in [0.25, 0.3) is 11.0 Å². The third-order valence-electron chi connectivity index (χ3n) is 4.22. The fraction of sp³-hybridized carbons (Fsp3) is 0.368. The van der Waals surface area contributed by atoms with Gasteiger partial charge in [-0.3, -0.25) is 0 Å². The Balaban J connectivity index is 1.83. The lowest BCUT2D eigenvalue weighted by molar-refractivity contribution is 0.391. The molecule has 0 aliphatic rings. The number of hydrogen-bond acceptors (Lipinski definition) is 4. The first kappa shape index (κ1) is 16.1. The van der Waals surface area contributed by atoms with Crippen molar-refractivity contribution < 1.29 is 9.15 Å². The first-order valence-corrected chi connectivity index (χ1v) is 8.70. The molecule has 0 saturated carbocycles. The lowest BCUT2D eigenvalue weighted by Gasteiger charge is -2.18. The van der Waals surface area contributed by atoms with Gasteiger partial charge in [-0.25, -0.2) is 0 Å². The fourth-order valence-electron chi connectivity index (χ4n) is 3.06. The number of nitrogens with one attached hydrogen (secondary N) is 1. The Morgan fingerprint density at radius 2 is 1.91 bits per heavy atom.